The second-order valence-electron chi connectivity index (χ2n) is 7.73. The van der Waals surface area contributed by atoms with Gasteiger partial charge in [0.15, 0.2) is 0 Å². The normalized spacial score (nSPS) is 13.7. The molecule has 32 heavy (non-hydrogen) atoms. The molecule has 0 saturated carbocycles. The first-order valence-corrected chi connectivity index (χ1v) is 11.5. The minimum Gasteiger partial charge on any atom is -0.494 e. The van der Waals surface area contributed by atoms with Crippen molar-refractivity contribution in [1.82, 2.24) is 4.90 Å². The molecule has 6 heteroatoms. The van der Waals surface area contributed by atoms with Gasteiger partial charge in [0.25, 0.3) is 11.8 Å². The van der Waals surface area contributed by atoms with Crippen molar-refractivity contribution in [3.8, 4) is 5.75 Å². The molecule has 2 aromatic rings. The van der Waals surface area contributed by atoms with Gasteiger partial charge in [-0.25, -0.2) is 0 Å². The van der Waals surface area contributed by atoms with Gasteiger partial charge >= 0.3 is 0 Å². The Kier molecular flexibility index (Phi) is 7.92. The van der Waals surface area contributed by atoms with Gasteiger partial charge in [-0.1, -0.05) is 26.0 Å². The lowest BCUT2D eigenvalue weighted by molar-refractivity contribution is -0.136. The van der Waals surface area contributed by atoms with Crippen molar-refractivity contribution >= 4 is 28.8 Å². The van der Waals surface area contributed by atoms with E-state index in [0.29, 0.717) is 36.4 Å². The lowest BCUT2D eigenvalue weighted by Gasteiger charge is -2.21. The zero-order chi connectivity index (χ0) is 23.1. The molecule has 0 spiro atoms. The van der Waals surface area contributed by atoms with E-state index in [0.717, 1.165) is 36.6 Å². The van der Waals surface area contributed by atoms with Crippen LogP contribution in [0.15, 0.2) is 54.2 Å². The van der Waals surface area contributed by atoms with Gasteiger partial charge in [0.05, 0.1) is 12.2 Å². The van der Waals surface area contributed by atoms with Crippen LogP contribution >= 0.6 is 0 Å². The van der Waals surface area contributed by atoms with Crippen molar-refractivity contribution in [1.29, 1.82) is 0 Å². The summed E-state index contributed by atoms with van der Waals surface area (Å²) >= 11 is 0. The van der Waals surface area contributed by atoms with Crippen LogP contribution < -0.4 is 15.0 Å². The fraction of sp³-hybridized carbons (Fsp3) is 0.385. The summed E-state index contributed by atoms with van der Waals surface area (Å²) in [7, 11) is 0. The third kappa shape index (κ3) is 4.96. The maximum Gasteiger partial charge on any atom is 0.278 e. The molecule has 0 bridgehead atoms. The van der Waals surface area contributed by atoms with Crippen LogP contribution in [0, 0.1) is 0 Å². The Hall–Kier alpha value is -3.28. The van der Waals surface area contributed by atoms with Crippen molar-refractivity contribution in [2.75, 3.05) is 36.5 Å². The molecular formula is C26H33N3O3. The molecule has 2 amide bonds. The molecule has 0 fully saturated rings. The fourth-order valence-electron chi connectivity index (χ4n) is 3.81. The summed E-state index contributed by atoms with van der Waals surface area (Å²) in [5.41, 5.74) is 3.32. The highest BCUT2D eigenvalue weighted by Gasteiger charge is 2.38. The standard InChI is InChI=1S/C26H33N3O3/c1-5-17-29-25(30)23(19-9-15-22(16-10-19)32-18-6-2)24(26(29)31)27-20-11-13-21(14-12-20)28(7-3)8-4/h9-16,27H,5-8,17-18H2,1-4H3. The quantitative estimate of drug-likeness (QED) is 0.508. The van der Waals surface area contributed by atoms with Crippen LogP contribution in [0.4, 0.5) is 11.4 Å². The van der Waals surface area contributed by atoms with E-state index in [4.69, 9.17) is 4.74 Å². The van der Waals surface area contributed by atoms with E-state index < -0.39 is 0 Å². The second-order valence-corrected chi connectivity index (χ2v) is 7.73. The third-order valence-corrected chi connectivity index (χ3v) is 5.50. The van der Waals surface area contributed by atoms with E-state index in [9.17, 15) is 9.59 Å². The third-order valence-electron chi connectivity index (χ3n) is 5.50. The highest BCUT2D eigenvalue weighted by Crippen LogP contribution is 2.32. The first-order chi connectivity index (χ1) is 15.5. The second kappa shape index (κ2) is 10.8. The summed E-state index contributed by atoms with van der Waals surface area (Å²) in [5.74, 6) is 0.201. The highest BCUT2D eigenvalue weighted by molar-refractivity contribution is 6.36. The lowest BCUT2D eigenvalue weighted by Crippen LogP contribution is -2.33. The van der Waals surface area contributed by atoms with Crippen LogP contribution in [0.2, 0.25) is 0 Å². The first-order valence-electron chi connectivity index (χ1n) is 11.5. The smallest absolute Gasteiger partial charge is 0.278 e. The van der Waals surface area contributed by atoms with E-state index in [1.54, 1.807) is 0 Å². The number of hydrogen-bond donors (Lipinski definition) is 1. The topological polar surface area (TPSA) is 61.9 Å². The molecule has 0 atom stereocenters. The summed E-state index contributed by atoms with van der Waals surface area (Å²) in [5, 5.41) is 3.23. The average molecular weight is 436 g/mol. The number of imide groups is 1. The molecule has 0 unspecified atom stereocenters. The fourth-order valence-corrected chi connectivity index (χ4v) is 3.81. The van der Waals surface area contributed by atoms with E-state index >= 15 is 0 Å². The summed E-state index contributed by atoms with van der Waals surface area (Å²) in [4.78, 5) is 29.9. The van der Waals surface area contributed by atoms with Gasteiger partial charge in [0, 0.05) is 31.0 Å². The largest absolute Gasteiger partial charge is 0.494 e. The van der Waals surface area contributed by atoms with Crippen molar-refractivity contribution in [3.05, 3.63) is 59.8 Å². The van der Waals surface area contributed by atoms with Crippen LogP contribution in [0.5, 0.6) is 5.75 Å². The predicted molar refractivity (Wildman–Crippen MR) is 130 cm³/mol. The Morgan fingerprint density at radius 1 is 0.844 bits per heavy atom. The zero-order valence-electron chi connectivity index (χ0n) is 19.5. The maximum atomic E-state index is 13.2. The Labute approximate surface area is 190 Å². The van der Waals surface area contributed by atoms with E-state index in [1.165, 1.54) is 4.90 Å². The highest BCUT2D eigenvalue weighted by atomic mass is 16.5. The Balaban J connectivity index is 1.93. The van der Waals surface area contributed by atoms with Gasteiger partial charge in [-0.15, -0.1) is 0 Å². The van der Waals surface area contributed by atoms with E-state index in [2.05, 4.69) is 31.0 Å². The molecule has 3 rings (SSSR count). The van der Waals surface area contributed by atoms with Crippen LogP contribution in [0.3, 0.4) is 0 Å². The number of nitrogens with one attached hydrogen (secondary N) is 1. The molecule has 1 aliphatic heterocycles. The van der Waals surface area contributed by atoms with Crippen molar-refractivity contribution in [2.45, 2.75) is 40.5 Å². The van der Waals surface area contributed by atoms with Gasteiger partial charge in [-0.2, -0.15) is 0 Å². The minimum atomic E-state index is -0.286. The van der Waals surface area contributed by atoms with Gasteiger partial charge in [0.1, 0.15) is 11.4 Å². The molecule has 1 N–H and O–H groups in total. The number of hydrogen-bond acceptors (Lipinski definition) is 5. The van der Waals surface area contributed by atoms with Crippen molar-refractivity contribution in [3.63, 3.8) is 0 Å². The summed E-state index contributed by atoms with van der Waals surface area (Å²) in [6.07, 6.45) is 1.63. The van der Waals surface area contributed by atoms with Gasteiger partial charge in [-0.05, 0) is 68.7 Å². The SMILES string of the molecule is CCCOc1ccc(C2=C(Nc3ccc(N(CC)CC)cc3)C(=O)N(CCC)C2=O)cc1. The summed E-state index contributed by atoms with van der Waals surface area (Å²) < 4.78 is 5.65. The number of benzene rings is 2. The van der Waals surface area contributed by atoms with Crippen LogP contribution in [0.25, 0.3) is 5.57 Å². The number of anilines is 2. The molecule has 2 aromatic carbocycles. The molecule has 170 valence electrons. The number of rotatable bonds is 11. The molecule has 0 aromatic heterocycles. The molecule has 0 aliphatic carbocycles. The van der Waals surface area contributed by atoms with Gasteiger partial charge in [0.2, 0.25) is 0 Å². The van der Waals surface area contributed by atoms with Crippen molar-refractivity contribution in [2.24, 2.45) is 0 Å². The molecule has 1 aliphatic rings. The molecule has 6 nitrogen and oxygen atoms in total. The summed E-state index contributed by atoms with van der Waals surface area (Å²) in [6, 6.07) is 15.3. The van der Waals surface area contributed by atoms with Crippen LogP contribution in [0.1, 0.15) is 46.1 Å². The number of ether oxygens (including phenoxy) is 1. The monoisotopic (exact) mass is 435 g/mol. The predicted octanol–water partition coefficient (Wildman–Crippen LogP) is 4.92. The molecule has 0 saturated heterocycles. The molecular weight excluding hydrogens is 402 g/mol. The van der Waals surface area contributed by atoms with E-state index in [-0.39, 0.29) is 11.8 Å². The Morgan fingerprint density at radius 2 is 1.50 bits per heavy atom. The van der Waals surface area contributed by atoms with Crippen LogP contribution in [-0.2, 0) is 9.59 Å². The molecule has 0 radical (unpaired) electrons. The first kappa shape index (κ1) is 23.4. The van der Waals surface area contributed by atoms with E-state index in [1.807, 2.05) is 55.5 Å². The summed E-state index contributed by atoms with van der Waals surface area (Å²) in [6.45, 7) is 11.1. The minimum absolute atomic E-state index is 0.263. The Morgan fingerprint density at radius 3 is 2.06 bits per heavy atom. The van der Waals surface area contributed by atoms with Crippen molar-refractivity contribution < 1.29 is 14.3 Å². The maximum absolute atomic E-state index is 13.2. The number of carbonyl (C=O) groups excluding carboxylic acids is 2. The van der Waals surface area contributed by atoms with Gasteiger partial charge in [-0.3, -0.25) is 14.5 Å². The van der Waals surface area contributed by atoms with Crippen LogP contribution in [-0.4, -0.2) is 43.0 Å². The zero-order valence-corrected chi connectivity index (χ0v) is 19.5. The Bertz CT molecular complexity index is 961. The number of amides is 2. The number of carbonyl (C=O) groups is 2. The van der Waals surface area contributed by atoms with Gasteiger partial charge < -0.3 is 15.0 Å². The lowest BCUT2D eigenvalue weighted by atomic mass is 10.0. The molecule has 1 heterocycles. The average Bonchev–Trinajstić information content (AvgIpc) is 3.04. The number of nitrogens with zero attached hydrogens (tertiary/aromatic N) is 2.